The van der Waals surface area contributed by atoms with E-state index in [-0.39, 0.29) is 5.56 Å². The number of benzene rings is 2. The zero-order valence-corrected chi connectivity index (χ0v) is 15.4. The van der Waals surface area contributed by atoms with Crippen molar-refractivity contribution in [3.8, 4) is 5.75 Å². The predicted molar refractivity (Wildman–Crippen MR) is 106 cm³/mol. The van der Waals surface area contributed by atoms with E-state index in [2.05, 4.69) is 10.1 Å². The Hall–Kier alpha value is -2.44. The number of nitrogens with one attached hydrogen (secondary N) is 1. The van der Waals surface area contributed by atoms with Gasteiger partial charge in [0.25, 0.3) is 0 Å². The summed E-state index contributed by atoms with van der Waals surface area (Å²) in [5, 5.41) is 5.53. The fraction of sp³-hybridized carbons (Fsp3) is 0.158. The smallest absolute Gasteiger partial charge is 0.248 e. The molecule has 0 aliphatic rings. The van der Waals surface area contributed by atoms with Gasteiger partial charge < -0.3 is 14.0 Å². The fourth-order valence-corrected chi connectivity index (χ4v) is 2.79. The van der Waals surface area contributed by atoms with E-state index in [1.807, 2.05) is 30.3 Å². The van der Waals surface area contributed by atoms with Crippen molar-refractivity contribution in [2.24, 2.45) is 5.16 Å². The van der Waals surface area contributed by atoms with Gasteiger partial charge >= 0.3 is 0 Å². The third kappa shape index (κ3) is 5.54. The first-order valence-corrected chi connectivity index (χ1v) is 9.20. The van der Waals surface area contributed by atoms with Crippen LogP contribution in [0.5, 0.6) is 5.75 Å². The number of nitrogens with zero attached hydrogens (tertiary/aromatic N) is 1. The number of fused-ring (bicyclic) bond motifs is 1. The lowest BCUT2D eigenvalue weighted by atomic mass is 10.2. The molecule has 0 bridgehead atoms. The van der Waals surface area contributed by atoms with Crippen molar-refractivity contribution in [3.05, 3.63) is 70.0 Å². The Morgan fingerprint density at radius 2 is 1.96 bits per heavy atom. The number of H-pyrrole nitrogens is 1. The van der Waals surface area contributed by atoms with Gasteiger partial charge in [0.15, 0.2) is 0 Å². The predicted octanol–water partition coefficient (Wildman–Crippen LogP) is 5.05. The summed E-state index contributed by atoms with van der Waals surface area (Å²) in [6.07, 6.45) is 3.29. The molecule has 5 nitrogen and oxygen atoms in total. The summed E-state index contributed by atoms with van der Waals surface area (Å²) in [7, 11) is 0. The summed E-state index contributed by atoms with van der Waals surface area (Å²) in [4.78, 5) is 15.0. The highest BCUT2D eigenvalue weighted by molar-refractivity contribution is 7.94. The Bertz CT molecular complexity index is 941. The molecule has 1 aromatic heterocycles. The van der Waals surface area contributed by atoms with Crippen LogP contribution in [0.4, 0.5) is 0 Å². The highest BCUT2D eigenvalue weighted by Gasteiger charge is 1.98. The standard InChI is InChI=1S/C19H17ClN2O3S/c20-15-4-7-17(8-5-15)26-25-21-11-1-2-12-24-16-6-9-18-14(13-16)3-10-19(23)22-18/h3-11,13H,1-2,12H2,(H,22,23). The summed E-state index contributed by atoms with van der Waals surface area (Å²) < 4.78 is 10.9. The Morgan fingerprint density at radius 3 is 2.81 bits per heavy atom. The first-order valence-electron chi connectivity index (χ1n) is 8.08. The molecular formula is C19H17ClN2O3S. The van der Waals surface area contributed by atoms with Gasteiger partial charge in [0.05, 0.1) is 11.5 Å². The summed E-state index contributed by atoms with van der Waals surface area (Å²) in [5.41, 5.74) is 0.689. The highest BCUT2D eigenvalue weighted by Crippen LogP contribution is 2.21. The maximum Gasteiger partial charge on any atom is 0.248 e. The Kier molecular flexibility index (Phi) is 6.57. The zero-order chi connectivity index (χ0) is 18.2. The lowest BCUT2D eigenvalue weighted by Gasteiger charge is -2.06. The highest BCUT2D eigenvalue weighted by atomic mass is 35.5. The van der Waals surface area contributed by atoms with Crippen LogP contribution in [0.2, 0.25) is 5.02 Å². The molecule has 0 saturated carbocycles. The SMILES string of the molecule is O=c1ccc2cc(OCCCC=NOSc3ccc(Cl)cc3)ccc2[nH]1. The molecule has 1 heterocycles. The van der Waals surface area contributed by atoms with Crippen LogP contribution >= 0.6 is 23.6 Å². The zero-order valence-electron chi connectivity index (χ0n) is 13.9. The van der Waals surface area contributed by atoms with Gasteiger partial charge in [-0.1, -0.05) is 16.8 Å². The van der Waals surface area contributed by atoms with Crippen molar-refractivity contribution in [1.29, 1.82) is 0 Å². The Labute approximate surface area is 160 Å². The number of hydrogen-bond acceptors (Lipinski definition) is 5. The molecule has 3 aromatic rings. The third-order valence-corrected chi connectivity index (χ3v) is 4.38. The van der Waals surface area contributed by atoms with Crippen molar-refractivity contribution in [2.75, 3.05) is 6.61 Å². The van der Waals surface area contributed by atoms with Crippen molar-refractivity contribution < 1.29 is 9.02 Å². The molecule has 1 N–H and O–H groups in total. The molecule has 0 fully saturated rings. The van der Waals surface area contributed by atoms with Gasteiger partial charge in [-0.15, -0.1) is 0 Å². The maximum absolute atomic E-state index is 11.3. The van der Waals surface area contributed by atoms with E-state index in [1.165, 1.54) is 18.1 Å². The van der Waals surface area contributed by atoms with E-state index in [4.69, 9.17) is 20.6 Å². The number of aromatic nitrogens is 1. The lowest BCUT2D eigenvalue weighted by molar-refractivity contribution is 0.313. The molecule has 134 valence electrons. The molecule has 0 radical (unpaired) electrons. The average molecular weight is 389 g/mol. The van der Waals surface area contributed by atoms with Crippen LogP contribution in [-0.2, 0) is 4.28 Å². The maximum atomic E-state index is 11.3. The van der Waals surface area contributed by atoms with E-state index in [0.29, 0.717) is 11.6 Å². The number of ether oxygens (including phenoxy) is 1. The summed E-state index contributed by atoms with van der Waals surface area (Å²) in [6.45, 7) is 0.575. The minimum atomic E-state index is -0.109. The first-order chi connectivity index (χ1) is 12.7. The Morgan fingerprint density at radius 1 is 1.12 bits per heavy atom. The van der Waals surface area contributed by atoms with E-state index in [0.717, 1.165) is 34.4 Å². The second-order valence-electron chi connectivity index (χ2n) is 5.46. The second kappa shape index (κ2) is 9.31. The summed E-state index contributed by atoms with van der Waals surface area (Å²) in [5.74, 6) is 0.774. The normalized spacial score (nSPS) is 11.1. The van der Waals surface area contributed by atoms with Crippen molar-refractivity contribution in [3.63, 3.8) is 0 Å². The van der Waals surface area contributed by atoms with Crippen LogP contribution in [0.3, 0.4) is 0 Å². The molecule has 7 heteroatoms. The van der Waals surface area contributed by atoms with Gasteiger partial charge in [-0.05, 0) is 61.4 Å². The lowest BCUT2D eigenvalue weighted by Crippen LogP contribution is -2.02. The Balaban J connectivity index is 1.35. The number of hydrogen-bond donors (Lipinski definition) is 1. The number of rotatable bonds is 8. The quantitative estimate of drug-likeness (QED) is 0.254. The molecular weight excluding hydrogens is 372 g/mol. The van der Waals surface area contributed by atoms with Crippen LogP contribution in [0.15, 0.2) is 69.4 Å². The first kappa shape index (κ1) is 18.4. The van der Waals surface area contributed by atoms with Gasteiger partial charge in [-0.2, -0.15) is 0 Å². The van der Waals surface area contributed by atoms with Crippen LogP contribution in [-0.4, -0.2) is 17.8 Å². The molecule has 26 heavy (non-hydrogen) atoms. The van der Waals surface area contributed by atoms with Gasteiger partial charge in [-0.3, -0.25) is 4.79 Å². The van der Waals surface area contributed by atoms with Crippen LogP contribution in [0.1, 0.15) is 12.8 Å². The van der Waals surface area contributed by atoms with Crippen LogP contribution in [0.25, 0.3) is 10.9 Å². The van der Waals surface area contributed by atoms with E-state index < -0.39 is 0 Å². The van der Waals surface area contributed by atoms with Gasteiger partial charge in [-0.25, -0.2) is 0 Å². The van der Waals surface area contributed by atoms with Gasteiger partial charge in [0, 0.05) is 28.2 Å². The molecule has 2 aromatic carbocycles. The van der Waals surface area contributed by atoms with E-state index in [9.17, 15) is 4.79 Å². The number of oxime groups is 1. The minimum absolute atomic E-state index is 0.109. The molecule has 0 aliphatic heterocycles. The number of halogens is 1. The topological polar surface area (TPSA) is 63.7 Å². The van der Waals surface area contributed by atoms with Crippen LogP contribution in [0, 0.1) is 0 Å². The molecule has 0 aliphatic carbocycles. The van der Waals surface area contributed by atoms with Gasteiger partial charge in [0.1, 0.15) is 17.8 Å². The third-order valence-electron chi connectivity index (χ3n) is 3.51. The fourth-order valence-electron chi connectivity index (χ4n) is 2.22. The summed E-state index contributed by atoms with van der Waals surface area (Å²) >= 11 is 7.00. The van der Waals surface area contributed by atoms with Crippen molar-refractivity contribution in [2.45, 2.75) is 17.7 Å². The molecule has 0 spiro atoms. The molecule has 0 unspecified atom stereocenters. The van der Waals surface area contributed by atoms with Gasteiger partial charge in [0.2, 0.25) is 5.56 Å². The van der Waals surface area contributed by atoms with E-state index >= 15 is 0 Å². The molecule has 3 rings (SSSR count). The molecule has 0 saturated heterocycles. The number of unbranched alkanes of at least 4 members (excludes halogenated alkanes) is 1. The van der Waals surface area contributed by atoms with Crippen LogP contribution < -0.4 is 10.3 Å². The van der Waals surface area contributed by atoms with Crippen molar-refractivity contribution in [1.82, 2.24) is 4.98 Å². The second-order valence-corrected chi connectivity index (χ2v) is 6.69. The minimum Gasteiger partial charge on any atom is -0.494 e. The van der Waals surface area contributed by atoms with Crippen molar-refractivity contribution >= 4 is 40.8 Å². The van der Waals surface area contributed by atoms with E-state index in [1.54, 1.807) is 24.4 Å². The average Bonchev–Trinajstić information content (AvgIpc) is 2.65. The summed E-state index contributed by atoms with van der Waals surface area (Å²) in [6, 6.07) is 16.2. The number of aromatic amines is 1. The molecule has 0 amide bonds. The number of pyridine rings is 1. The monoisotopic (exact) mass is 388 g/mol. The largest absolute Gasteiger partial charge is 0.494 e. The molecule has 0 atom stereocenters.